The Bertz CT molecular complexity index is 209. The molecule has 0 amide bonds. The molecular formula is C15H30N2. The molecule has 2 rings (SSSR count). The van der Waals surface area contributed by atoms with Crippen LogP contribution in [0.4, 0.5) is 0 Å². The SMILES string of the molecule is CCCC1CCC(N2CCCC(CN)C2)CC1. The van der Waals surface area contributed by atoms with Gasteiger partial charge in [-0.05, 0) is 63.5 Å². The predicted molar refractivity (Wildman–Crippen MR) is 74.0 cm³/mol. The lowest BCUT2D eigenvalue weighted by molar-refractivity contribution is 0.0877. The van der Waals surface area contributed by atoms with Crippen LogP contribution >= 0.6 is 0 Å². The molecule has 0 bridgehead atoms. The average molecular weight is 238 g/mol. The molecule has 1 saturated heterocycles. The molecule has 1 aliphatic carbocycles. The number of hydrogen-bond donors (Lipinski definition) is 1. The van der Waals surface area contributed by atoms with E-state index in [0.717, 1.165) is 24.4 Å². The maximum atomic E-state index is 5.83. The molecule has 1 heterocycles. The fourth-order valence-corrected chi connectivity index (χ4v) is 3.83. The highest BCUT2D eigenvalue weighted by atomic mass is 15.2. The van der Waals surface area contributed by atoms with Crippen LogP contribution in [0.25, 0.3) is 0 Å². The van der Waals surface area contributed by atoms with Crippen LogP contribution in [0.3, 0.4) is 0 Å². The molecule has 0 aromatic heterocycles. The number of likely N-dealkylation sites (tertiary alicyclic amines) is 1. The van der Waals surface area contributed by atoms with Gasteiger partial charge in [0.05, 0.1) is 0 Å². The van der Waals surface area contributed by atoms with Crippen molar-refractivity contribution in [3.63, 3.8) is 0 Å². The number of nitrogens with two attached hydrogens (primary N) is 1. The molecule has 17 heavy (non-hydrogen) atoms. The van der Waals surface area contributed by atoms with Gasteiger partial charge in [0.1, 0.15) is 0 Å². The second-order valence-electron chi connectivity index (χ2n) is 6.20. The van der Waals surface area contributed by atoms with Crippen LogP contribution in [0.15, 0.2) is 0 Å². The first-order chi connectivity index (χ1) is 8.33. The Morgan fingerprint density at radius 1 is 1.06 bits per heavy atom. The van der Waals surface area contributed by atoms with Gasteiger partial charge in [-0.3, -0.25) is 0 Å². The van der Waals surface area contributed by atoms with Gasteiger partial charge >= 0.3 is 0 Å². The third-order valence-corrected chi connectivity index (χ3v) is 4.91. The highest BCUT2D eigenvalue weighted by molar-refractivity contribution is 4.83. The molecule has 2 nitrogen and oxygen atoms in total. The molecule has 0 aromatic carbocycles. The summed E-state index contributed by atoms with van der Waals surface area (Å²) >= 11 is 0. The van der Waals surface area contributed by atoms with Gasteiger partial charge in [0.25, 0.3) is 0 Å². The van der Waals surface area contributed by atoms with Crippen molar-refractivity contribution in [1.29, 1.82) is 0 Å². The highest BCUT2D eigenvalue weighted by Crippen LogP contribution is 2.32. The van der Waals surface area contributed by atoms with Crippen molar-refractivity contribution >= 4 is 0 Å². The molecule has 1 saturated carbocycles. The molecule has 2 fully saturated rings. The van der Waals surface area contributed by atoms with E-state index in [1.807, 2.05) is 0 Å². The highest BCUT2D eigenvalue weighted by Gasteiger charge is 2.28. The summed E-state index contributed by atoms with van der Waals surface area (Å²) in [6.45, 7) is 5.82. The minimum Gasteiger partial charge on any atom is -0.330 e. The Labute approximate surface area is 107 Å². The zero-order valence-corrected chi connectivity index (χ0v) is 11.5. The van der Waals surface area contributed by atoms with Crippen LogP contribution in [0.2, 0.25) is 0 Å². The van der Waals surface area contributed by atoms with E-state index in [1.165, 1.54) is 64.5 Å². The molecule has 1 aliphatic heterocycles. The minimum absolute atomic E-state index is 0.775. The third kappa shape index (κ3) is 3.69. The lowest BCUT2D eigenvalue weighted by Crippen LogP contribution is -2.45. The maximum absolute atomic E-state index is 5.83. The van der Waals surface area contributed by atoms with Crippen LogP contribution in [0.1, 0.15) is 58.3 Å². The van der Waals surface area contributed by atoms with Gasteiger partial charge in [0.2, 0.25) is 0 Å². The van der Waals surface area contributed by atoms with Gasteiger partial charge in [-0.2, -0.15) is 0 Å². The topological polar surface area (TPSA) is 29.3 Å². The normalized spacial score (nSPS) is 36.0. The van der Waals surface area contributed by atoms with Crippen molar-refractivity contribution in [1.82, 2.24) is 4.90 Å². The second-order valence-corrected chi connectivity index (χ2v) is 6.20. The minimum atomic E-state index is 0.775. The van der Waals surface area contributed by atoms with Crippen molar-refractivity contribution in [2.24, 2.45) is 17.6 Å². The maximum Gasteiger partial charge on any atom is 0.00955 e. The average Bonchev–Trinajstić information content (AvgIpc) is 2.40. The second kappa shape index (κ2) is 6.75. The van der Waals surface area contributed by atoms with Gasteiger partial charge in [-0.15, -0.1) is 0 Å². The van der Waals surface area contributed by atoms with Crippen molar-refractivity contribution in [2.75, 3.05) is 19.6 Å². The fourth-order valence-electron chi connectivity index (χ4n) is 3.83. The summed E-state index contributed by atoms with van der Waals surface area (Å²) in [5.41, 5.74) is 5.83. The lowest BCUT2D eigenvalue weighted by atomic mass is 9.82. The van der Waals surface area contributed by atoms with E-state index in [-0.39, 0.29) is 0 Å². The summed E-state index contributed by atoms with van der Waals surface area (Å²) < 4.78 is 0. The molecule has 0 spiro atoms. The quantitative estimate of drug-likeness (QED) is 0.816. The zero-order valence-electron chi connectivity index (χ0n) is 11.5. The molecule has 2 aliphatic rings. The summed E-state index contributed by atoms with van der Waals surface area (Å²) in [6, 6.07) is 0.887. The van der Waals surface area contributed by atoms with Crippen molar-refractivity contribution in [3.8, 4) is 0 Å². The first-order valence-corrected chi connectivity index (χ1v) is 7.77. The summed E-state index contributed by atoms with van der Waals surface area (Å²) in [5.74, 6) is 1.81. The van der Waals surface area contributed by atoms with E-state index in [9.17, 15) is 0 Å². The summed E-state index contributed by atoms with van der Waals surface area (Å²) in [4.78, 5) is 2.75. The van der Waals surface area contributed by atoms with E-state index in [1.54, 1.807) is 0 Å². The van der Waals surface area contributed by atoms with Crippen LogP contribution in [0, 0.1) is 11.8 Å². The molecule has 2 N–H and O–H groups in total. The van der Waals surface area contributed by atoms with Crippen LogP contribution in [-0.4, -0.2) is 30.6 Å². The summed E-state index contributed by atoms with van der Waals surface area (Å²) in [6.07, 6.45) is 11.4. The van der Waals surface area contributed by atoms with Crippen LogP contribution < -0.4 is 5.73 Å². The number of rotatable bonds is 4. The van der Waals surface area contributed by atoms with E-state index < -0.39 is 0 Å². The number of hydrogen-bond acceptors (Lipinski definition) is 2. The summed E-state index contributed by atoms with van der Waals surface area (Å²) in [7, 11) is 0. The number of nitrogens with zero attached hydrogens (tertiary/aromatic N) is 1. The van der Waals surface area contributed by atoms with Gasteiger partial charge in [-0.1, -0.05) is 19.8 Å². The standard InChI is InChI=1S/C15H30N2/c1-2-4-13-6-8-15(9-7-13)17-10-3-5-14(11-16)12-17/h13-15H,2-12,16H2,1H3. The van der Waals surface area contributed by atoms with E-state index >= 15 is 0 Å². The smallest absolute Gasteiger partial charge is 0.00955 e. The van der Waals surface area contributed by atoms with Crippen LogP contribution in [-0.2, 0) is 0 Å². The van der Waals surface area contributed by atoms with Gasteiger partial charge in [0.15, 0.2) is 0 Å². The molecule has 100 valence electrons. The Kier molecular flexibility index (Phi) is 5.30. The molecule has 0 aromatic rings. The largest absolute Gasteiger partial charge is 0.330 e. The zero-order chi connectivity index (χ0) is 12.1. The van der Waals surface area contributed by atoms with E-state index in [0.29, 0.717) is 0 Å². The van der Waals surface area contributed by atoms with Crippen molar-refractivity contribution in [3.05, 3.63) is 0 Å². The Hall–Kier alpha value is -0.0800. The van der Waals surface area contributed by atoms with Gasteiger partial charge in [-0.25, -0.2) is 0 Å². The van der Waals surface area contributed by atoms with E-state index in [4.69, 9.17) is 5.73 Å². The van der Waals surface area contributed by atoms with Gasteiger partial charge in [0, 0.05) is 12.6 Å². The summed E-state index contributed by atoms with van der Waals surface area (Å²) in [5, 5.41) is 0. The van der Waals surface area contributed by atoms with Crippen molar-refractivity contribution < 1.29 is 0 Å². The first kappa shape index (κ1) is 13.4. The molecule has 2 heteroatoms. The molecule has 1 unspecified atom stereocenters. The molecular weight excluding hydrogens is 208 g/mol. The molecule has 1 atom stereocenters. The van der Waals surface area contributed by atoms with Gasteiger partial charge < -0.3 is 10.6 Å². The Morgan fingerprint density at radius 3 is 2.47 bits per heavy atom. The lowest BCUT2D eigenvalue weighted by Gasteiger charge is -2.41. The monoisotopic (exact) mass is 238 g/mol. The van der Waals surface area contributed by atoms with E-state index in [2.05, 4.69) is 11.8 Å². The van der Waals surface area contributed by atoms with Crippen LogP contribution in [0.5, 0.6) is 0 Å². The Balaban J connectivity index is 1.76. The number of piperidine rings is 1. The fraction of sp³-hybridized carbons (Fsp3) is 1.00. The Morgan fingerprint density at radius 2 is 1.82 bits per heavy atom. The predicted octanol–water partition coefficient (Wildman–Crippen LogP) is 3.02. The first-order valence-electron chi connectivity index (χ1n) is 7.77. The molecule has 0 radical (unpaired) electrons. The third-order valence-electron chi connectivity index (χ3n) is 4.91. The van der Waals surface area contributed by atoms with Crippen molar-refractivity contribution in [2.45, 2.75) is 64.3 Å².